The minimum atomic E-state index is -1.11. The van der Waals surface area contributed by atoms with E-state index in [0.717, 1.165) is 12.0 Å². The normalized spacial score (nSPS) is 10.3. The third kappa shape index (κ3) is 5.92. The maximum Gasteiger partial charge on any atom is 0.337 e. The summed E-state index contributed by atoms with van der Waals surface area (Å²) >= 11 is 0. The average Bonchev–Trinajstić information content (AvgIpc) is 2.70. The SMILES string of the molecule is C#CCCCOc1cc(/C=C/C(=O)Nc2ccccc2C(=O)O)ccc1OC. The van der Waals surface area contributed by atoms with Gasteiger partial charge >= 0.3 is 5.97 Å². The van der Waals surface area contributed by atoms with Crippen LogP contribution >= 0.6 is 0 Å². The number of carboxylic acids is 1. The van der Waals surface area contributed by atoms with Crippen molar-refractivity contribution >= 4 is 23.6 Å². The van der Waals surface area contributed by atoms with E-state index in [1.807, 2.05) is 0 Å². The Morgan fingerprint density at radius 2 is 2.00 bits per heavy atom. The van der Waals surface area contributed by atoms with E-state index < -0.39 is 11.9 Å². The summed E-state index contributed by atoms with van der Waals surface area (Å²) in [4.78, 5) is 23.3. The van der Waals surface area contributed by atoms with Gasteiger partial charge in [0.05, 0.1) is 25.0 Å². The molecule has 2 aromatic rings. The molecule has 2 aromatic carbocycles. The number of rotatable bonds is 9. The van der Waals surface area contributed by atoms with Crippen LogP contribution in [0.5, 0.6) is 11.5 Å². The number of carboxylic acid groups (broad SMARTS) is 1. The zero-order chi connectivity index (χ0) is 20.4. The second-order valence-electron chi connectivity index (χ2n) is 5.74. The van der Waals surface area contributed by atoms with Gasteiger partial charge in [0.1, 0.15) is 0 Å². The monoisotopic (exact) mass is 379 g/mol. The lowest BCUT2D eigenvalue weighted by Gasteiger charge is -2.11. The van der Waals surface area contributed by atoms with Gasteiger partial charge in [0.2, 0.25) is 5.91 Å². The summed E-state index contributed by atoms with van der Waals surface area (Å²) in [6.45, 7) is 0.459. The first kappa shape index (κ1) is 20.6. The number of aromatic carboxylic acids is 1. The Morgan fingerprint density at radius 1 is 1.21 bits per heavy atom. The molecule has 1 amide bonds. The molecule has 2 rings (SSSR count). The van der Waals surface area contributed by atoms with Crippen molar-refractivity contribution in [1.82, 2.24) is 0 Å². The number of hydrogen-bond acceptors (Lipinski definition) is 4. The molecule has 0 spiro atoms. The highest BCUT2D eigenvalue weighted by atomic mass is 16.5. The summed E-state index contributed by atoms with van der Waals surface area (Å²) in [5.74, 6) is 2.14. The van der Waals surface area contributed by atoms with Crippen LogP contribution in [0.4, 0.5) is 5.69 Å². The molecule has 2 N–H and O–H groups in total. The van der Waals surface area contributed by atoms with Gasteiger partial charge in [-0.1, -0.05) is 18.2 Å². The number of methoxy groups -OCH3 is 1. The van der Waals surface area contributed by atoms with Gasteiger partial charge in [-0.2, -0.15) is 0 Å². The Balaban J connectivity index is 2.08. The molecule has 6 nitrogen and oxygen atoms in total. The number of terminal acetylenes is 1. The number of nitrogens with one attached hydrogen (secondary N) is 1. The average molecular weight is 379 g/mol. The fraction of sp³-hybridized carbons (Fsp3) is 0.182. The Labute approximate surface area is 163 Å². The van der Waals surface area contributed by atoms with Crippen LogP contribution in [0.25, 0.3) is 6.08 Å². The van der Waals surface area contributed by atoms with Crippen LogP contribution in [0.1, 0.15) is 28.8 Å². The van der Waals surface area contributed by atoms with Crippen LogP contribution in [-0.4, -0.2) is 30.7 Å². The summed E-state index contributed by atoms with van der Waals surface area (Å²) in [6, 6.07) is 11.5. The van der Waals surface area contributed by atoms with E-state index >= 15 is 0 Å². The molecule has 0 radical (unpaired) electrons. The van der Waals surface area contributed by atoms with E-state index in [9.17, 15) is 9.59 Å². The highest BCUT2D eigenvalue weighted by Crippen LogP contribution is 2.28. The van der Waals surface area contributed by atoms with Gasteiger partial charge in [0.15, 0.2) is 11.5 Å². The first-order chi connectivity index (χ1) is 13.5. The number of carbonyl (C=O) groups is 2. The first-order valence-corrected chi connectivity index (χ1v) is 8.61. The predicted molar refractivity (Wildman–Crippen MR) is 108 cm³/mol. The second kappa shape index (κ2) is 10.4. The molecule has 0 atom stereocenters. The topological polar surface area (TPSA) is 84.9 Å². The van der Waals surface area contributed by atoms with Crippen molar-refractivity contribution < 1.29 is 24.2 Å². The molecule has 0 saturated heterocycles. The molecular weight excluding hydrogens is 358 g/mol. The molecule has 0 fully saturated rings. The maximum atomic E-state index is 12.1. The van der Waals surface area contributed by atoms with Crippen LogP contribution in [-0.2, 0) is 4.79 Å². The Hall–Kier alpha value is -3.72. The molecule has 0 saturated carbocycles. The van der Waals surface area contributed by atoms with Gasteiger partial charge in [0.25, 0.3) is 0 Å². The van der Waals surface area contributed by atoms with Crippen molar-refractivity contribution in [2.24, 2.45) is 0 Å². The van der Waals surface area contributed by atoms with Gasteiger partial charge in [-0.15, -0.1) is 12.3 Å². The minimum Gasteiger partial charge on any atom is -0.493 e. The summed E-state index contributed by atoms with van der Waals surface area (Å²) < 4.78 is 11.0. The number of amides is 1. The van der Waals surface area contributed by atoms with E-state index in [0.29, 0.717) is 24.5 Å². The van der Waals surface area contributed by atoms with Gasteiger partial charge in [-0.05, 0) is 42.3 Å². The lowest BCUT2D eigenvalue weighted by atomic mass is 10.1. The predicted octanol–water partition coefficient (Wildman–Crippen LogP) is 3.84. The highest BCUT2D eigenvalue weighted by molar-refractivity contribution is 6.06. The van der Waals surface area contributed by atoms with E-state index in [2.05, 4.69) is 11.2 Å². The minimum absolute atomic E-state index is 0.0244. The van der Waals surface area contributed by atoms with Crippen molar-refractivity contribution in [2.75, 3.05) is 19.0 Å². The lowest BCUT2D eigenvalue weighted by molar-refractivity contribution is -0.111. The van der Waals surface area contributed by atoms with Crippen LogP contribution < -0.4 is 14.8 Å². The molecule has 0 aliphatic rings. The van der Waals surface area contributed by atoms with E-state index in [1.165, 1.54) is 18.2 Å². The number of unbranched alkanes of at least 4 members (excludes halogenated alkanes) is 1. The molecule has 0 unspecified atom stereocenters. The van der Waals surface area contributed by atoms with Gasteiger partial charge in [-0.25, -0.2) is 4.79 Å². The second-order valence-corrected chi connectivity index (χ2v) is 5.74. The van der Waals surface area contributed by atoms with Crippen molar-refractivity contribution in [3.8, 4) is 23.8 Å². The zero-order valence-electron chi connectivity index (χ0n) is 15.5. The maximum absolute atomic E-state index is 12.1. The van der Waals surface area contributed by atoms with Crippen LogP contribution in [0.3, 0.4) is 0 Å². The molecule has 0 heterocycles. The third-order valence-electron chi connectivity index (χ3n) is 3.75. The van der Waals surface area contributed by atoms with E-state index in [4.69, 9.17) is 21.0 Å². The van der Waals surface area contributed by atoms with Crippen LogP contribution in [0.2, 0.25) is 0 Å². The first-order valence-electron chi connectivity index (χ1n) is 8.61. The fourth-order valence-corrected chi connectivity index (χ4v) is 2.39. The third-order valence-corrected chi connectivity index (χ3v) is 3.75. The molecule has 0 aromatic heterocycles. The lowest BCUT2D eigenvalue weighted by Crippen LogP contribution is -2.11. The van der Waals surface area contributed by atoms with Crippen molar-refractivity contribution in [2.45, 2.75) is 12.8 Å². The molecule has 6 heteroatoms. The van der Waals surface area contributed by atoms with Crippen LogP contribution in [0, 0.1) is 12.3 Å². The van der Waals surface area contributed by atoms with Crippen LogP contribution in [0.15, 0.2) is 48.5 Å². The molecule has 28 heavy (non-hydrogen) atoms. The summed E-state index contributed by atoms with van der Waals surface area (Å²) in [5, 5.41) is 11.7. The quantitative estimate of drug-likeness (QED) is 0.393. The molecule has 144 valence electrons. The summed E-state index contributed by atoms with van der Waals surface area (Å²) in [7, 11) is 1.55. The molecule has 0 aliphatic carbocycles. The Bertz CT molecular complexity index is 911. The largest absolute Gasteiger partial charge is 0.493 e. The standard InChI is InChI=1S/C22H21NO5/c1-3-4-7-14-28-20-15-16(10-12-19(20)27-2)11-13-21(24)23-18-9-6-5-8-17(18)22(25)26/h1,5-6,8-13,15H,4,7,14H2,2H3,(H,23,24)(H,25,26)/b13-11+. The van der Waals surface area contributed by atoms with Gasteiger partial charge < -0.3 is 19.9 Å². The number of para-hydroxylation sites is 1. The Kier molecular flexibility index (Phi) is 7.67. The van der Waals surface area contributed by atoms with E-state index in [1.54, 1.807) is 43.5 Å². The number of benzene rings is 2. The molecule has 0 bridgehead atoms. The smallest absolute Gasteiger partial charge is 0.337 e. The van der Waals surface area contributed by atoms with Gasteiger partial charge in [-0.3, -0.25) is 4.79 Å². The molecule has 0 aliphatic heterocycles. The highest BCUT2D eigenvalue weighted by Gasteiger charge is 2.10. The van der Waals surface area contributed by atoms with E-state index in [-0.39, 0.29) is 11.3 Å². The number of carbonyl (C=O) groups excluding carboxylic acids is 1. The van der Waals surface area contributed by atoms with Crippen molar-refractivity contribution in [3.05, 3.63) is 59.7 Å². The van der Waals surface area contributed by atoms with Gasteiger partial charge in [0, 0.05) is 12.5 Å². The number of anilines is 1. The summed E-state index contributed by atoms with van der Waals surface area (Å²) in [5.41, 5.74) is 0.989. The zero-order valence-corrected chi connectivity index (χ0v) is 15.5. The molecular formula is C22H21NO5. The fourth-order valence-electron chi connectivity index (χ4n) is 2.39. The van der Waals surface area contributed by atoms with Crippen molar-refractivity contribution in [1.29, 1.82) is 0 Å². The number of ether oxygens (including phenoxy) is 2. The number of hydrogen-bond donors (Lipinski definition) is 2. The van der Waals surface area contributed by atoms with Crippen molar-refractivity contribution in [3.63, 3.8) is 0 Å². The Morgan fingerprint density at radius 3 is 2.71 bits per heavy atom. The summed E-state index contributed by atoms with van der Waals surface area (Å²) in [6.07, 6.45) is 9.51.